The van der Waals surface area contributed by atoms with Crippen molar-refractivity contribution in [3.05, 3.63) is 72.0 Å². The molecule has 7 nitrogen and oxygen atoms in total. The monoisotopic (exact) mass is 456 g/mol. The topological polar surface area (TPSA) is 106 Å². The molecule has 0 aliphatic rings. The molecule has 0 bridgehead atoms. The normalized spacial score (nSPS) is 11.2. The average Bonchev–Trinajstić information content (AvgIpc) is 3.24. The first-order valence-electron chi connectivity index (χ1n) is 9.17. The molecule has 0 aliphatic carbocycles. The third-order valence-electron chi connectivity index (χ3n) is 4.36. The molecule has 2 aromatic heterocycles. The molecule has 11 heteroatoms. The van der Waals surface area contributed by atoms with E-state index in [1.54, 1.807) is 30.5 Å². The molecular weight excluding hydrogens is 441 g/mol. The van der Waals surface area contributed by atoms with E-state index in [1.165, 1.54) is 29.8 Å². The average molecular weight is 456 g/mol. The number of amides is 2. The van der Waals surface area contributed by atoms with E-state index in [9.17, 15) is 18.0 Å². The molecule has 0 aliphatic heterocycles. The molecule has 32 heavy (non-hydrogen) atoms. The number of carbonyl (C=O) groups is 1. The van der Waals surface area contributed by atoms with Crippen molar-refractivity contribution in [2.24, 2.45) is 0 Å². The van der Waals surface area contributed by atoms with Gasteiger partial charge in [-0.25, -0.2) is 19.7 Å². The fourth-order valence-corrected chi connectivity index (χ4v) is 3.67. The summed E-state index contributed by atoms with van der Waals surface area (Å²) in [6.45, 7) is 0. The van der Waals surface area contributed by atoms with E-state index in [0.717, 1.165) is 17.7 Å². The van der Waals surface area contributed by atoms with Gasteiger partial charge >= 0.3 is 12.2 Å². The highest BCUT2D eigenvalue weighted by molar-refractivity contribution is 7.13. The summed E-state index contributed by atoms with van der Waals surface area (Å²) in [4.78, 5) is 24.6. The number of rotatable bonds is 4. The van der Waals surface area contributed by atoms with Crippen molar-refractivity contribution in [3.8, 4) is 21.8 Å². The molecule has 0 unspecified atom stereocenters. The molecule has 0 atom stereocenters. The molecule has 0 fully saturated rings. The lowest BCUT2D eigenvalue weighted by molar-refractivity contribution is -0.137. The number of nitrogens with zero attached hydrogens (tertiary/aromatic N) is 3. The van der Waals surface area contributed by atoms with Gasteiger partial charge in [0, 0.05) is 28.5 Å². The minimum Gasteiger partial charge on any atom is -0.383 e. The van der Waals surface area contributed by atoms with Crippen molar-refractivity contribution in [2.45, 2.75) is 6.18 Å². The third-order valence-corrected chi connectivity index (χ3v) is 5.24. The van der Waals surface area contributed by atoms with Crippen molar-refractivity contribution in [3.63, 3.8) is 0 Å². The Kier molecular flexibility index (Phi) is 5.73. The number of hydrogen-bond acceptors (Lipinski definition) is 6. The zero-order valence-corrected chi connectivity index (χ0v) is 17.0. The zero-order valence-electron chi connectivity index (χ0n) is 16.2. The first-order chi connectivity index (χ1) is 15.3. The molecule has 2 aromatic carbocycles. The number of aromatic nitrogens is 3. The summed E-state index contributed by atoms with van der Waals surface area (Å²) < 4.78 is 38.4. The Morgan fingerprint density at radius 3 is 2.50 bits per heavy atom. The Bertz CT molecular complexity index is 1260. The minimum absolute atomic E-state index is 0.0353. The van der Waals surface area contributed by atoms with Gasteiger partial charge in [-0.05, 0) is 30.3 Å². The van der Waals surface area contributed by atoms with E-state index in [4.69, 9.17) is 5.73 Å². The van der Waals surface area contributed by atoms with E-state index in [0.29, 0.717) is 27.8 Å². The zero-order chi connectivity index (χ0) is 22.7. The number of thiazole rings is 1. The molecule has 0 saturated heterocycles. The second kappa shape index (κ2) is 8.63. The van der Waals surface area contributed by atoms with Gasteiger partial charge in [0.25, 0.3) is 0 Å². The molecule has 162 valence electrons. The highest BCUT2D eigenvalue weighted by Gasteiger charge is 2.30. The molecule has 4 N–H and O–H groups in total. The summed E-state index contributed by atoms with van der Waals surface area (Å²) in [6.07, 6.45) is -1.53. The lowest BCUT2D eigenvalue weighted by Crippen LogP contribution is -2.19. The van der Waals surface area contributed by atoms with Crippen LogP contribution in [-0.4, -0.2) is 21.0 Å². The molecule has 0 spiro atoms. The summed E-state index contributed by atoms with van der Waals surface area (Å²) in [5.74, 6) is 0.340. The number of nitrogens with one attached hydrogen (secondary N) is 2. The molecule has 4 rings (SSSR count). The number of anilines is 3. The number of benzene rings is 2. The first-order valence-corrected chi connectivity index (χ1v) is 10.0. The van der Waals surface area contributed by atoms with Crippen molar-refractivity contribution in [2.75, 3.05) is 16.4 Å². The van der Waals surface area contributed by atoms with Crippen LogP contribution in [0, 0.1) is 0 Å². The second-order valence-corrected chi connectivity index (χ2v) is 7.45. The summed E-state index contributed by atoms with van der Waals surface area (Å²) in [5, 5.41) is 7.52. The van der Waals surface area contributed by atoms with E-state index in [-0.39, 0.29) is 5.69 Å². The quantitative estimate of drug-likeness (QED) is 0.375. The maximum atomic E-state index is 12.8. The number of nitrogen functional groups attached to an aromatic ring is 1. The van der Waals surface area contributed by atoms with E-state index < -0.39 is 17.8 Å². The van der Waals surface area contributed by atoms with Crippen LogP contribution in [0.4, 0.5) is 35.2 Å². The minimum atomic E-state index is -4.49. The van der Waals surface area contributed by atoms with E-state index in [2.05, 4.69) is 25.6 Å². The highest BCUT2D eigenvalue weighted by Crippen LogP contribution is 2.32. The van der Waals surface area contributed by atoms with Gasteiger partial charge in [0.15, 0.2) is 0 Å². The molecule has 0 radical (unpaired) electrons. The van der Waals surface area contributed by atoms with Crippen LogP contribution in [0.15, 0.2) is 66.4 Å². The molecule has 2 amide bonds. The third kappa shape index (κ3) is 4.83. The number of halogens is 3. The fourth-order valence-electron chi connectivity index (χ4n) is 2.82. The predicted molar refractivity (Wildman–Crippen MR) is 117 cm³/mol. The Morgan fingerprint density at radius 2 is 1.78 bits per heavy atom. The standard InChI is InChI=1S/C21H15F3N6OS/c22-21(23,24)13-2-1-3-15(8-13)29-20(31)28-14-6-4-12(5-7-14)17-10-32-19(30-17)16-9-26-11-27-18(16)25/h1-11H,(H2,25,26,27)(H2,28,29,31). The molecule has 4 aromatic rings. The fraction of sp³-hybridized carbons (Fsp3) is 0.0476. The number of carbonyl (C=O) groups excluding carboxylic acids is 1. The Balaban J connectivity index is 1.42. The van der Waals surface area contributed by atoms with Crippen molar-refractivity contribution < 1.29 is 18.0 Å². The smallest absolute Gasteiger partial charge is 0.383 e. The van der Waals surface area contributed by atoms with Crippen LogP contribution in [-0.2, 0) is 6.18 Å². The Hall–Kier alpha value is -3.99. The molecular formula is C21H15F3N6OS. The van der Waals surface area contributed by atoms with E-state index in [1.807, 2.05) is 5.38 Å². The van der Waals surface area contributed by atoms with Crippen molar-refractivity contribution in [1.29, 1.82) is 0 Å². The van der Waals surface area contributed by atoms with Gasteiger partial charge in [0.05, 0.1) is 16.8 Å². The van der Waals surface area contributed by atoms with E-state index >= 15 is 0 Å². The van der Waals surface area contributed by atoms with Crippen LogP contribution in [0.3, 0.4) is 0 Å². The van der Waals surface area contributed by atoms with Crippen LogP contribution in [0.5, 0.6) is 0 Å². The number of alkyl halides is 3. The molecule has 2 heterocycles. The molecule has 0 saturated carbocycles. The van der Waals surface area contributed by atoms with Crippen LogP contribution >= 0.6 is 11.3 Å². The van der Waals surface area contributed by atoms with Gasteiger partial charge in [-0.2, -0.15) is 13.2 Å². The lowest BCUT2D eigenvalue weighted by Gasteiger charge is -2.11. The van der Waals surface area contributed by atoms with Gasteiger partial charge in [-0.3, -0.25) is 0 Å². The predicted octanol–water partition coefficient (Wildman–Crippen LogP) is 5.51. The van der Waals surface area contributed by atoms with Gasteiger partial charge in [-0.1, -0.05) is 18.2 Å². The largest absolute Gasteiger partial charge is 0.416 e. The van der Waals surface area contributed by atoms with Crippen molar-refractivity contribution >= 4 is 34.6 Å². The van der Waals surface area contributed by atoms with Crippen LogP contribution in [0.1, 0.15) is 5.56 Å². The first kappa shape index (κ1) is 21.2. The summed E-state index contributed by atoms with van der Waals surface area (Å²) in [5.41, 5.74) is 7.70. The number of nitrogens with two attached hydrogens (primary N) is 1. The highest BCUT2D eigenvalue weighted by atomic mass is 32.1. The van der Waals surface area contributed by atoms with Crippen LogP contribution in [0.25, 0.3) is 21.8 Å². The van der Waals surface area contributed by atoms with Crippen LogP contribution < -0.4 is 16.4 Å². The number of hydrogen-bond donors (Lipinski definition) is 3. The van der Waals surface area contributed by atoms with Gasteiger partial charge in [0.1, 0.15) is 17.2 Å². The second-order valence-electron chi connectivity index (χ2n) is 6.59. The van der Waals surface area contributed by atoms with Gasteiger partial charge in [-0.15, -0.1) is 11.3 Å². The maximum absolute atomic E-state index is 12.8. The van der Waals surface area contributed by atoms with Gasteiger partial charge in [0.2, 0.25) is 0 Å². The summed E-state index contributed by atoms with van der Waals surface area (Å²) in [6, 6.07) is 10.6. The lowest BCUT2D eigenvalue weighted by atomic mass is 10.1. The maximum Gasteiger partial charge on any atom is 0.416 e. The Morgan fingerprint density at radius 1 is 1.03 bits per heavy atom. The number of urea groups is 1. The summed E-state index contributed by atoms with van der Waals surface area (Å²) >= 11 is 1.40. The van der Waals surface area contributed by atoms with Gasteiger partial charge < -0.3 is 16.4 Å². The van der Waals surface area contributed by atoms with Crippen LogP contribution in [0.2, 0.25) is 0 Å². The van der Waals surface area contributed by atoms with Crippen molar-refractivity contribution in [1.82, 2.24) is 15.0 Å². The SMILES string of the molecule is Nc1ncncc1-c1nc(-c2ccc(NC(=O)Nc3cccc(C(F)(F)F)c3)cc2)cs1. The Labute approximate surface area is 184 Å². The summed E-state index contributed by atoms with van der Waals surface area (Å²) in [7, 11) is 0.